The topological polar surface area (TPSA) is 75.3 Å². The lowest BCUT2D eigenvalue weighted by atomic mass is 10.2. The van der Waals surface area contributed by atoms with Gasteiger partial charge >= 0.3 is 0 Å². The van der Waals surface area contributed by atoms with Crippen molar-refractivity contribution in [2.75, 3.05) is 29.2 Å². The lowest BCUT2D eigenvalue weighted by Crippen LogP contribution is -2.12. The normalized spacial score (nSPS) is 10.3. The molecule has 0 radical (unpaired) electrons. The molecule has 0 aliphatic rings. The first kappa shape index (κ1) is 15.1. The number of hydrogen-bond donors (Lipinski definition) is 3. The Morgan fingerprint density at radius 3 is 2.89 bits per heavy atom. The Balaban J connectivity index is 2.29. The number of hydrogen-bond acceptors (Lipinski definition) is 4. The van der Waals surface area contributed by atoms with Gasteiger partial charge in [-0.25, -0.2) is 0 Å². The zero-order valence-corrected chi connectivity index (χ0v) is 11.6. The Bertz CT molecular complexity index is 402. The molecule has 0 heterocycles. The molecule has 6 heteroatoms. The number of aliphatic hydroxyl groups is 1. The first-order chi connectivity index (χ1) is 8.63. The fourth-order valence-corrected chi connectivity index (χ4v) is 2.26. The largest absolute Gasteiger partial charge is 0.397 e. The summed E-state index contributed by atoms with van der Waals surface area (Å²) in [5.41, 5.74) is 6.75. The minimum absolute atomic E-state index is 0.0479. The van der Waals surface area contributed by atoms with Gasteiger partial charge in [0.1, 0.15) is 0 Å². The molecule has 0 aliphatic heterocycles. The van der Waals surface area contributed by atoms with E-state index in [0.29, 0.717) is 22.8 Å². The van der Waals surface area contributed by atoms with Crippen LogP contribution in [0.4, 0.5) is 11.4 Å². The Kier molecular flexibility index (Phi) is 6.93. The van der Waals surface area contributed by atoms with Gasteiger partial charge in [0.25, 0.3) is 0 Å². The number of rotatable bonds is 7. The second kappa shape index (κ2) is 8.24. The predicted octanol–water partition coefficient (Wildman–Crippen LogP) is 2.37. The van der Waals surface area contributed by atoms with Crippen molar-refractivity contribution in [2.45, 2.75) is 12.8 Å². The quantitative estimate of drug-likeness (QED) is 0.532. The molecule has 0 bridgehead atoms. The van der Waals surface area contributed by atoms with E-state index in [4.69, 9.17) is 22.4 Å². The summed E-state index contributed by atoms with van der Waals surface area (Å²) in [5.74, 6) is 1.57. The van der Waals surface area contributed by atoms with Crippen LogP contribution >= 0.6 is 23.4 Å². The average molecular weight is 289 g/mol. The monoisotopic (exact) mass is 288 g/mol. The van der Waals surface area contributed by atoms with E-state index in [-0.39, 0.29) is 12.5 Å². The standard InChI is InChI=1S/C12H17ClN2O2S/c13-10-3-2-9(8-11(10)14)15-12(17)4-7-18-6-1-5-16/h2-3,8,16H,1,4-7,14H2,(H,15,17). The Labute approximate surface area is 116 Å². The van der Waals surface area contributed by atoms with Gasteiger partial charge in [0.05, 0.1) is 10.7 Å². The van der Waals surface area contributed by atoms with E-state index in [1.807, 2.05) is 0 Å². The third kappa shape index (κ3) is 5.62. The van der Waals surface area contributed by atoms with E-state index in [9.17, 15) is 4.79 Å². The van der Waals surface area contributed by atoms with E-state index in [1.165, 1.54) is 0 Å². The van der Waals surface area contributed by atoms with Crippen molar-refractivity contribution < 1.29 is 9.90 Å². The first-order valence-electron chi connectivity index (χ1n) is 5.67. The van der Waals surface area contributed by atoms with Crippen molar-refractivity contribution in [2.24, 2.45) is 0 Å². The maximum atomic E-state index is 11.6. The molecule has 4 nitrogen and oxygen atoms in total. The summed E-state index contributed by atoms with van der Waals surface area (Å²) in [6, 6.07) is 5.01. The third-order valence-corrected chi connectivity index (χ3v) is 3.61. The van der Waals surface area contributed by atoms with Gasteiger partial charge in [0, 0.05) is 24.5 Å². The fraction of sp³-hybridized carbons (Fsp3) is 0.417. The maximum Gasteiger partial charge on any atom is 0.225 e. The maximum absolute atomic E-state index is 11.6. The predicted molar refractivity (Wildman–Crippen MR) is 78.1 cm³/mol. The zero-order valence-electron chi connectivity index (χ0n) is 9.99. The van der Waals surface area contributed by atoms with Crippen LogP contribution in [0.15, 0.2) is 18.2 Å². The van der Waals surface area contributed by atoms with E-state index < -0.39 is 0 Å². The van der Waals surface area contributed by atoms with Crippen LogP contribution in [-0.4, -0.2) is 29.1 Å². The van der Waals surface area contributed by atoms with Crippen LogP contribution < -0.4 is 11.1 Å². The number of benzene rings is 1. The molecule has 0 unspecified atom stereocenters. The molecule has 0 fully saturated rings. The fourth-order valence-electron chi connectivity index (χ4n) is 1.28. The molecular formula is C12H17ClN2O2S. The van der Waals surface area contributed by atoms with Gasteiger partial charge in [-0.2, -0.15) is 11.8 Å². The smallest absolute Gasteiger partial charge is 0.225 e. The second-order valence-corrected chi connectivity index (χ2v) is 5.36. The minimum atomic E-state index is -0.0479. The number of amides is 1. The molecule has 1 aromatic rings. The summed E-state index contributed by atoms with van der Waals surface area (Å²) >= 11 is 7.44. The number of thioether (sulfide) groups is 1. The third-order valence-electron chi connectivity index (χ3n) is 2.20. The molecular weight excluding hydrogens is 272 g/mol. The molecule has 1 rings (SSSR count). The van der Waals surface area contributed by atoms with Crippen LogP contribution in [0.5, 0.6) is 0 Å². The van der Waals surface area contributed by atoms with Gasteiger partial charge in [0.15, 0.2) is 0 Å². The van der Waals surface area contributed by atoms with Gasteiger partial charge in [-0.3, -0.25) is 4.79 Å². The molecule has 0 aromatic heterocycles. The SMILES string of the molecule is Nc1cc(NC(=O)CCSCCCO)ccc1Cl. The van der Waals surface area contributed by atoms with E-state index in [2.05, 4.69) is 5.32 Å². The van der Waals surface area contributed by atoms with Crippen molar-refractivity contribution in [1.82, 2.24) is 0 Å². The van der Waals surface area contributed by atoms with E-state index >= 15 is 0 Å². The summed E-state index contributed by atoms with van der Waals surface area (Å²) in [6.07, 6.45) is 1.21. The summed E-state index contributed by atoms with van der Waals surface area (Å²) in [5, 5.41) is 11.8. The Morgan fingerprint density at radius 1 is 1.44 bits per heavy atom. The molecule has 1 aromatic carbocycles. The van der Waals surface area contributed by atoms with Gasteiger partial charge in [-0.1, -0.05) is 11.6 Å². The van der Waals surface area contributed by atoms with E-state index in [0.717, 1.165) is 17.9 Å². The number of carbonyl (C=O) groups excluding carboxylic acids is 1. The number of nitrogens with two attached hydrogens (primary N) is 1. The van der Waals surface area contributed by atoms with Gasteiger partial charge in [0.2, 0.25) is 5.91 Å². The van der Waals surface area contributed by atoms with Crippen LogP contribution in [0.25, 0.3) is 0 Å². The number of anilines is 2. The zero-order chi connectivity index (χ0) is 13.4. The van der Waals surface area contributed by atoms with Crippen molar-refractivity contribution >= 4 is 40.6 Å². The first-order valence-corrected chi connectivity index (χ1v) is 7.20. The van der Waals surface area contributed by atoms with Crippen LogP contribution in [0, 0.1) is 0 Å². The summed E-state index contributed by atoms with van der Waals surface area (Å²) in [6.45, 7) is 0.198. The molecule has 0 spiro atoms. The molecule has 0 saturated carbocycles. The summed E-state index contributed by atoms with van der Waals surface area (Å²) in [7, 11) is 0. The second-order valence-electron chi connectivity index (χ2n) is 3.72. The number of aliphatic hydroxyl groups excluding tert-OH is 1. The molecule has 0 saturated heterocycles. The molecule has 0 atom stereocenters. The van der Waals surface area contributed by atoms with E-state index in [1.54, 1.807) is 30.0 Å². The molecule has 1 amide bonds. The highest BCUT2D eigenvalue weighted by Crippen LogP contribution is 2.22. The Hall–Kier alpha value is -0.910. The number of halogens is 1. The van der Waals surface area contributed by atoms with Gasteiger partial charge < -0.3 is 16.2 Å². The van der Waals surface area contributed by atoms with Crippen LogP contribution in [-0.2, 0) is 4.79 Å². The van der Waals surface area contributed by atoms with Gasteiger partial charge in [-0.05, 0) is 30.4 Å². The number of carbonyl (C=O) groups is 1. The summed E-state index contributed by atoms with van der Waals surface area (Å²) in [4.78, 5) is 11.6. The van der Waals surface area contributed by atoms with Gasteiger partial charge in [-0.15, -0.1) is 0 Å². The number of nitrogens with one attached hydrogen (secondary N) is 1. The highest BCUT2D eigenvalue weighted by molar-refractivity contribution is 7.99. The Morgan fingerprint density at radius 2 is 2.22 bits per heavy atom. The average Bonchev–Trinajstić information content (AvgIpc) is 2.34. The van der Waals surface area contributed by atoms with Crippen molar-refractivity contribution in [3.63, 3.8) is 0 Å². The van der Waals surface area contributed by atoms with Crippen LogP contribution in [0.3, 0.4) is 0 Å². The van der Waals surface area contributed by atoms with Crippen LogP contribution in [0.2, 0.25) is 5.02 Å². The molecule has 0 aliphatic carbocycles. The molecule has 100 valence electrons. The van der Waals surface area contributed by atoms with Crippen LogP contribution in [0.1, 0.15) is 12.8 Å². The van der Waals surface area contributed by atoms with Crippen molar-refractivity contribution in [1.29, 1.82) is 0 Å². The highest BCUT2D eigenvalue weighted by Gasteiger charge is 2.04. The highest BCUT2D eigenvalue weighted by atomic mass is 35.5. The lowest BCUT2D eigenvalue weighted by Gasteiger charge is -2.06. The summed E-state index contributed by atoms with van der Waals surface area (Å²) < 4.78 is 0. The number of nitrogen functional groups attached to an aromatic ring is 1. The van der Waals surface area contributed by atoms with Crippen molar-refractivity contribution in [3.05, 3.63) is 23.2 Å². The molecule has 18 heavy (non-hydrogen) atoms. The lowest BCUT2D eigenvalue weighted by molar-refractivity contribution is -0.115. The molecule has 4 N–H and O–H groups in total. The van der Waals surface area contributed by atoms with Crippen molar-refractivity contribution in [3.8, 4) is 0 Å². The minimum Gasteiger partial charge on any atom is -0.397 e.